The van der Waals surface area contributed by atoms with Crippen molar-refractivity contribution in [2.45, 2.75) is 38.8 Å². The zero-order valence-electron chi connectivity index (χ0n) is 19.4. The molecule has 5 nitrogen and oxygen atoms in total. The first kappa shape index (κ1) is 22.0. The van der Waals surface area contributed by atoms with Crippen LogP contribution in [0.15, 0.2) is 78.4 Å². The number of carbonyl (C=O) groups is 2. The molecule has 1 heterocycles. The Morgan fingerprint density at radius 3 is 2.38 bits per heavy atom. The molecule has 0 radical (unpaired) electrons. The van der Waals surface area contributed by atoms with E-state index in [-0.39, 0.29) is 18.6 Å². The molecule has 1 fully saturated rings. The Hall–Kier alpha value is -3.86. The summed E-state index contributed by atoms with van der Waals surface area (Å²) in [5.41, 5.74) is 5.91. The molecule has 3 aromatic carbocycles. The van der Waals surface area contributed by atoms with Crippen LogP contribution in [0.3, 0.4) is 0 Å². The maximum absolute atomic E-state index is 13.2. The van der Waals surface area contributed by atoms with Gasteiger partial charge in [0.2, 0.25) is 0 Å². The first-order valence-corrected chi connectivity index (χ1v) is 11.6. The molecule has 5 rings (SSSR count). The normalized spacial score (nSPS) is 18.1. The second-order valence-corrected chi connectivity index (χ2v) is 8.95. The Balaban J connectivity index is 1.34. The van der Waals surface area contributed by atoms with Crippen LogP contribution in [0, 0.1) is 6.92 Å². The number of benzene rings is 3. The summed E-state index contributed by atoms with van der Waals surface area (Å²) in [5, 5.41) is 0. The number of fused-ring (bicyclic) bond motifs is 1. The van der Waals surface area contributed by atoms with E-state index < -0.39 is 12.1 Å². The monoisotopic (exact) mass is 453 g/mol. The van der Waals surface area contributed by atoms with Crippen molar-refractivity contribution in [3.8, 4) is 5.75 Å². The highest BCUT2D eigenvalue weighted by Crippen LogP contribution is 2.31. The first-order chi connectivity index (χ1) is 16.5. The molecule has 3 aromatic rings. The molecule has 0 bridgehead atoms. The molecule has 34 heavy (non-hydrogen) atoms. The van der Waals surface area contributed by atoms with Gasteiger partial charge in [-0.15, -0.1) is 0 Å². The second-order valence-electron chi connectivity index (χ2n) is 8.95. The van der Waals surface area contributed by atoms with Crippen LogP contribution in [0.25, 0.3) is 6.08 Å². The average molecular weight is 454 g/mol. The Morgan fingerprint density at radius 2 is 1.68 bits per heavy atom. The van der Waals surface area contributed by atoms with Crippen molar-refractivity contribution in [3.05, 3.63) is 106 Å². The molecule has 0 spiro atoms. The Labute approximate surface area is 199 Å². The fourth-order valence-electron chi connectivity index (χ4n) is 4.68. The lowest BCUT2D eigenvalue weighted by Gasteiger charge is -2.20. The van der Waals surface area contributed by atoms with E-state index in [9.17, 15) is 9.59 Å². The summed E-state index contributed by atoms with van der Waals surface area (Å²) in [6.45, 7) is 3.91. The first-order valence-electron chi connectivity index (χ1n) is 11.6. The number of cyclic esters (lactones) is 1. The van der Waals surface area contributed by atoms with Crippen molar-refractivity contribution >= 4 is 18.1 Å². The third kappa shape index (κ3) is 4.34. The van der Waals surface area contributed by atoms with E-state index in [0.717, 1.165) is 35.3 Å². The van der Waals surface area contributed by atoms with E-state index in [0.29, 0.717) is 5.57 Å². The van der Waals surface area contributed by atoms with Gasteiger partial charge in [0, 0.05) is 18.4 Å². The summed E-state index contributed by atoms with van der Waals surface area (Å²) in [6, 6.07) is 23.4. The van der Waals surface area contributed by atoms with Crippen LogP contribution in [0.5, 0.6) is 5.75 Å². The minimum Gasteiger partial charge on any atom is -0.489 e. The van der Waals surface area contributed by atoms with Gasteiger partial charge in [-0.2, -0.15) is 0 Å². The predicted molar refractivity (Wildman–Crippen MR) is 130 cm³/mol. The minimum atomic E-state index is -0.611. The van der Waals surface area contributed by atoms with Gasteiger partial charge in [-0.1, -0.05) is 66.7 Å². The molecule has 1 saturated heterocycles. The number of hydrogen-bond acceptors (Lipinski definition) is 4. The van der Waals surface area contributed by atoms with Crippen LogP contribution in [-0.2, 0) is 22.4 Å². The van der Waals surface area contributed by atoms with Crippen LogP contribution in [0.2, 0.25) is 0 Å². The van der Waals surface area contributed by atoms with Crippen LogP contribution in [0.1, 0.15) is 40.8 Å². The van der Waals surface area contributed by atoms with Crippen molar-refractivity contribution < 1.29 is 19.1 Å². The number of rotatable bonds is 5. The summed E-state index contributed by atoms with van der Waals surface area (Å²) in [5.74, 6) is 0.459. The number of amides is 2. The summed E-state index contributed by atoms with van der Waals surface area (Å²) >= 11 is 0. The SMILES string of the molecule is C/C(=C\c1ccc(C)c(OC2Cc3ccccc3C2)c1)C(=O)N1C(=O)OC[C@H]1c1ccccc1. The predicted octanol–water partition coefficient (Wildman–Crippen LogP) is 5.66. The minimum absolute atomic E-state index is 0.101. The van der Waals surface area contributed by atoms with Gasteiger partial charge in [0.25, 0.3) is 5.91 Å². The summed E-state index contributed by atoms with van der Waals surface area (Å²) in [4.78, 5) is 26.8. The molecule has 1 atom stereocenters. The highest BCUT2D eigenvalue weighted by Gasteiger charge is 2.39. The molecule has 0 saturated carbocycles. The molecule has 2 amide bonds. The van der Waals surface area contributed by atoms with Crippen molar-refractivity contribution in [1.29, 1.82) is 0 Å². The third-order valence-electron chi connectivity index (χ3n) is 6.52. The summed E-state index contributed by atoms with van der Waals surface area (Å²) in [6.07, 6.45) is 3.08. The maximum atomic E-state index is 13.2. The van der Waals surface area contributed by atoms with Crippen molar-refractivity contribution in [1.82, 2.24) is 4.90 Å². The van der Waals surface area contributed by atoms with Crippen LogP contribution >= 0.6 is 0 Å². The van der Waals surface area contributed by atoms with Crippen LogP contribution in [0.4, 0.5) is 4.79 Å². The fourth-order valence-corrected chi connectivity index (χ4v) is 4.68. The Kier molecular flexibility index (Phi) is 5.93. The average Bonchev–Trinajstić information content (AvgIpc) is 3.44. The molecule has 0 aromatic heterocycles. The zero-order valence-corrected chi connectivity index (χ0v) is 19.4. The molecule has 0 N–H and O–H groups in total. The smallest absolute Gasteiger partial charge is 0.417 e. The van der Waals surface area contributed by atoms with Gasteiger partial charge < -0.3 is 9.47 Å². The van der Waals surface area contributed by atoms with Crippen molar-refractivity contribution in [3.63, 3.8) is 0 Å². The zero-order chi connectivity index (χ0) is 23.7. The van der Waals surface area contributed by atoms with E-state index in [1.165, 1.54) is 16.0 Å². The summed E-state index contributed by atoms with van der Waals surface area (Å²) < 4.78 is 11.6. The van der Waals surface area contributed by atoms with Gasteiger partial charge in [0.15, 0.2) is 0 Å². The Morgan fingerprint density at radius 1 is 1.00 bits per heavy atom. The fraction of sp³-hybridized carbons (Fsp3) is 0.241. The molecule has 0 unspecified atom stereocenters. The number of ether oxygens (including phenoxy) is 2. The van der Waals surface area contributed by atoms with Crippen molar-refractivity contribution in [2.75, 3.05) is 6.61 Å². The van der Waals surface area contributed by atoms with Gasteiger partial charge in [0.1, 0.15) is 24.5 Å². The number of imide groups is 1. The number of nitrogens with zero attached hydrogens (tertiary/aromatic N) is 1. The number of hydrogen-bond donors (Lipinski definition) is 0. The largest absolute Gasteiger partial charge is 0.489 e. The van der Waals surface area contributed by atoms with Crippen molar-refractivity contribution in [2.24, 2.45) is 0 Å². The van der Waals surface area contributed by atoms with E-state index in [1.807, 2.05) is 55.5 Å². The summed E-state index contributed by atoms with van der Waals surface area (Å²) in [7, 11) is 0. The highest BCUT2D eigenvalue weighted by atomic mass is 16.6. The van der Waals surface area contributed by atoms with Crippen LogP contribution < -0.4 is 4.74 Å². The molecular formula is C29H27NO4. The molecule has 1 aliphatic carbocycles. The lowest BCUT2D eigenvalue weighted by molar-refractivity contribution is -0.125. The van der Waals surface area contributed by atoms with Gasteiger partial charge in [-0.3, -0.25) is 4.79 Å². The number of aryl methyl sites for hydroxylation is 1. The topological polar surface area (TPSA) is 55.8 Å². The Bertz CT molecular complexity index is 1240. The quantitative estimate of drug-likeness (QED) is 0.468. The lowest BCUT2D eigenvalue weighted by Crippen LogP contribution is -2.34. The van der Waals surface area contributed by atoms with E-state index in [2.05, 4.69) is 24.3 Å². The van der Waals surface area contributed by atoms with Crippen LogP contribution in [-0.4, -0.2) is 29.6 Å². The number of carbonyl (C=O) groups excluding carboxylic acids is 2. The molecule has 172 valence electrons. The van der Waals surface area contributed by atoms with Gasteiger partial charge in [-0.05, 0) is 53.8 Å². The third-order valence-corrected chi connectivity index (χ3v) is 6.52. The van der Waals surface area contributed by atoms with Gasteiger partial charge in [-0.25, -0.2) is 9.69 Å². The standard InChI is InChI=1S/C29H27NO4/c1-19-12-13-21(15-27(19)34-25-16-23-10-6-7-11-24(23)17-25)14-20(2)28(31)30-26(18-33-29(30)32)22-8-4-3-5-9-22/h3-15,25-26H,16-18H2,1-2H3/b20-14+/t26-/m0/s1. The van der Waals surface area contributed by atoms with E-state index >= 15 is 0 Å². The van der Waals surface area contributed by atoms with E-state index in [1.54, 1.807) is 13.0 Å². The van der Waals surface area contributed by atoms with Gasteiger partial charge >= 0.3 is 6.09 Å². The molecule has 2 aliphatic rings. The molecular weight excluding hydrogens is 426 g/mol. The lowest BCUT2D eigenvalue weighted by atomic mass is 10.0. The maximum Gasteiger partial charge on any atom is 0.417 e. The molecule has 5 heteroatoms. The van der Waals surface area contributed by atoms with E-state index in [4.69, 9.17) is 9.47 Å². The second kappa shape index (κ2) is 9.18. The van der Waals surface area contributed by atoms with Gasteiger partial charge in [0.05, 0.1) is 0 Å². The highest BCUT2D eigenvalue weighted by molar-refractivity contribution is 6.05. The molecule has 1 aliphatic heterocycles.